The van der Waals surface area contributed by atoms with Crippen molar-refractivity contribution in [2.45, 2.75) is 31.1 Å². The van der Waals surface area contributed by atoms with Crippen molar-refractivity contribution in [3.8, 4) is 0 Å². The van der Waals surface area contributed by atoms with Crippen LogP contribution in [0.3, 0.4) is 0 Å². The highest BCUT2D eigenvalue weighted by Gasteiger charge is 2.29. The first-order chi connectivity index (χ1) is 13.4. The Bertz CT molecular complexity index is 964. The zero-order valence-corrected chi connectivity index (χ0v) is 16.4. The molecule has 1 saturated heterocycles. The molecule has 1 N–H and O–H groups in total. The monoisotopic (exact) mass is 402 g/mol. The van der Waals surface area contributed by atoms with E-state index < -0.39 is 14.8 Å². The molecule has 2 aromatic carbocycles. The van der Waals surface area contributed by atoms with Crippen LogP contribution in [0.15, 0.2) is 58.5 Å². The van der Waals surface area contributed by atoms with Crippen LogP contribution in [0.5, 0.6) is 0 Å². The first-order valence-electron chi connectivity index (χ1n) is 9.03. The molecule has 9 heteroatoms. The molecular formula is C19H22N4O4S. The van der Waals surface area contributed by atoms with E-state index >= 15 is 0 Å². The normalized spacial score (nSPS) is 15.3. The highest BCUT2D eigenvalue weighted by atomic mass is 32.2. The molecule has 148 valence electrons. The van der Waals surface area contributed by atoms with Gasteiger partial charge in [-0.05, 0) is 50.5 Å². The van der Waals surface area contributed by atoms with Gasteiger partial charge < -0.3 is 4.90 Å². The largest absolute Gasteiger partial charge is 0.345 e. The first kappa shape index (κ1) is 19.8. The minimum atomic E-state index is -3.80. The molecule has 0 amide bonds. The predicted molar refractivity (Wildman–Crippen MR) is 108 cm³/mol. The number of nitro benzene ring substituents is 1. The fraction of sp³-hybridized carbons (Fsp3) is 0.316. The van der Waals surface area contributed by atoms with Crippen LogP contribution >= 0.6 is 0 Å². The summed E-state index contributed by atoms with van der Waals surface area (Å²) in [5.74, 6) is 0. The van der Waals surface area contributed by atoms with E-state index in [-0.39, 0.29) is 15.8 Å². The van der Waals surface area contributed by atoms with E-state index in [2.05, 4.69) is 10.5 Å². The maximum Gasteiger partial charge on any atom is 0.269 e. The van der Waals surface area contributed by atoms with Gasteiger partial charge in [0.2, 0.25) is 15.0 Å². The lowest BCUT2D eigenvalue weighted by molar-refractivity contribution is -0.384. The number of hydrazone groups is 1. The third-order valence-electron chi connectivity index (χ3n) is 4.56. The van der Waals surface area contributed by atoms with Gasteiger partial charge in [0.05, 0.1) is 15.5 Å². The van der Waals surface area contributed by atoms with Gasteiger partial charge in [0.25, 0.3) is 5.69 Å². The van der Waals surface area contributed by atoms with Gasteiger partial charge in [-0.25, -0.2) is 8.42 Å². The lowest BCUT2D eigenvalue weighted by Gasteiger charge is -2.29. The van der Waals surface area contributed by atoms with Crippen molar-refractivity contribution < 1.29 is 13.3 Å². The van der Waals surface area contributed by atoms with Crippen LogP contribution in [-0.2, 0) is 9.84 Å². The molecule has 0 radical (unpaired) electrons. The summed E-state index contributed by atoms with van der Waals surface area (Å²) in [5, 5.41) is 14.9. The number of nitro groups is 1. The molecule has 0 spiro atoms. The molecule has 1 aliphatic heterocycles. The van der Waals surface area contributed by atoms with E-state index in [1.807, 2.05) is 6.92 Å². The minimum Gasteiger partial charge on any atom is -0.345 e. The van der Waals surface area contributed by atoms with Gasteiger partial charge in [-0.3, -0.25) is 15.5 Å². The summed E-state index contributed by atoms with van der Waals surface area (Å²) in [5.41, 5.74) is 4.14. The molecule has 0 atom stereocenters. The number of sulfone groups is 1. The van der Waals surface area contributed by atoms with Gasteiger partial charge in [-0.2, -0.15) is 0 Å². The molecule has 0 aliphatic carbocycles. The maximum atomic E-state index is 13.2. The summed E-state index contributed by atoms with van der Waals surface area (Å²) >= 11 is 0. The Morgan fingerprint density at radius 2 is 1.64 bits per heavy atom. The average Bonchev–Trinajstić information content (AvgIpc) is 2.69. The van der Waals surface area contributed by atoms with Gasteiger partial charge in [0.15, 0.2) is 0 Å². The van der Waals surface area contributed by atoms with Crippen molar-refractivity contribution in [1.29, 1.82) is 0 Å². The maximum absolute atomic E-state index is 13.2. The summed E-state index contributed by atoms with van der Waals surface area (Å²) in [4.78, 5) is 12.2. The fourth-order valence-electron chi connectivity index (χ4n) is 2.98. The Labute approximate surface area is 163 Å². The topological polar surface area (TPSA) is 105 Å². The molecule has 0 aromatic heterocycles. The highest BCUT2D eigenvalue weighted by Crippen LogP contribution is 2.21. The Kier molecular flexibility index (Phi) is 5.93. The molecule has 28 heavy (non-hydrogen) atoms. The van der Waals surface area contributed by atoms with Gasteiger partial charge in [0, 0.05) is 25.2 Å². The number of nitrogens with one attached hydrogen (secondary N) is 1. The van der Waals surface area contributed by atoms with Crippen molar-refractivity contribution in [2.24, 2.45) is 5.10 Å². The van der Waals surface area contributed by atoms with Gasteiger partial charge in [-0.15, -0.1) is 5.10 Å². The second kappa shape index (κ2) is 8.39. The van der Waals surface area contributed by atoms with E-state index in [0.29, 0.717) is 18.8 Å². The van der Waals surface area contributed by atoms with E-state index in [1.54, 1.807) is 29.2 Å². The smallest absolute Gasteiger partial charge is 0.269 e. The number of non-ortho nitro benzene ring substituents is 1. The number of benzene rings is 2. The van der Waals surface area contributed by atoms with Crippen LogP contribution < -0.4 is 5.43 Å². The van der Waals surface area contributed by atoms with E-state index in [4.69, 9.17) is 0 Å². The molecule has 0 bridgehead atoms. The van der Waals surface area contributed by atoms with Crippen LogP contribution in [0.25, 0.3) is 0 Å². The van der Waals surface area contributed by atoms with Crippen molar-refractivity contribution >= 4 is 26.4 Å². The summed E-state index contributed by atoms with van der Waals surface area (Å²) in [7, 11) is -3.80. The highest BCUT2D eigenvalue weighted by molar-refractivity contribution is 8.06. The number of nitrogens with zero attached hydrogens (tertiary/aromatic N) is 3. The third-order valence-corrected chi connectivity index (χ3v) is 6.28. The molecule has 1 fully saturated rings. The molecule has 8 nitrogen and oxygen atoms in total. The number of hydrogen-bond donors (Lipinski definition) is 1. The number of hydrogen-bond acceptors (Lipinski definition) is 6. The predicted octanol–water partition coefficient (Wildman–Crippen LogP) is 3.55. The number of piperidine rings is 1. The lowest BCUT2D eigenvalue weighted by atomic mass is 10.1. The SMILES string of the molecule is Cc1ccc(S(=O)(=O)/C(=N/Nc2ccc([N+](=O)[O-])cc2)N2CCCCC2)cc1. The number of amidine groups is 1. The second-order valence-corrected chi connectivity index (χ2v) is 8.52. The average molecular weight is 402 g/mol. The van der Waals surface area contributed by atoms with Crippen molar-refractivity contribution in [2.75, 3.05) is 18.5 Å². The van der Waals surface area contributed by atoms with Gasteiger partial charge in [0.1, 0.15) is 0 Å². The Morgan fingerprint density at radius 1 is 1.04 bits per heavy atom. The molecule has 0 saturated carbocycles. The van der Waals surface area contributed by atoms with Crippen molar-refractivity contribution in [3.63, 3.8) is 0 Å². The van der Waals surface area contributed by atoms with Crippen LogP contribution in [0.1, 0.15) is 24.8 Å². The fourth-order valence-corrected chi connectivity index (χ4v) is 4.37. The number of aryl methyl sites for hydroxylation is 1. The third kappa shape index (κ3) is 4.48. The second-order valence-electron chi connectivity index (χ2n) is 6.67. The van der Waals surface area contributed by atoms with E-state index in [9.17, 15) is 18.5 Å². The van der Waals surface area contributed by atoms with Gasteiger partial charge in [-0.1, -0.05) is 17.7 Å². The summed E-state index contributed by atoms with van der Waals surface area (Å²) in [6.07, 6.45) is 2.87. The van der Waals surface area contributed by atoms with E-state index in [0.717, 1.165) is 24.8 Å². The lowest BCUT2D eigenvalue weighted by Crippen LogP contribution is -2.40. The van der Waals surface area contributed by atoms with Gasteiger partial charge >= 0.3 is 0 Å². The van der Waals surface area contributed by atoms with Crippen LogP contribution in [-0.4, -0.2) is 36.5 Å². The standard InChI is InChI=1S/C19H22N4O4S/c1-15-5-11-18(12-6-15)28(26,27)19(22-13-3-2-4-14-22)21-20-16-7-9-17(10-8-16)23(24)25/h5-12,20H,2-4,13-14H2,1H3/b21-19+. The summed E-state index contributed by atoms with van der Waals surface area (Å²) < 4.78 is 26.4. The van der Waals surface area contributed by atoms with Crippen molar-refractivity contribution in [3.05, 3.63) is 64.2 Å². The number of anilines is 1. The van der Waals surface area contributed by atoms with Crippen molar-refractivity contribution in [1.82, 2.24) is 4.90 Å². The zero-order valence-electron chi connectivity index (χ0n) is 15.5. The Morgan fingerprint density at radius 3 is 2.21 bits per heavy atom. The van der Waals surface area contributed by atoms with Crippen LogP contribution in [0, 0.1) is 17.0 Å². The Hall–Kier alpha value is -2.94. The summed E-state index contributed by atoms with van der Waals surface area (Å²) in [6.45, 7) is 3.13. The molecule has 0 unspecified atom stereocenters. The van der Waals surface area contributed by atoms with E-state index in [1.165, 1.54) is 24.3 Å². The molecule has 2 aromatic rings. The van der Waals surface area contributed by atoms with Crippen LogP contribution in [0.2, 0.25) is 0 Å². The molecule has 3 rings (SSSR count). The zero-order chi connectivity index (χ0) is 20.1. The first-order valence-corrected chi connectivity index (χ1v) is 10.5. The Balaban J connectivity index is 1.93. The van der Waals surface area contributed by atoms with Crippen LogP contribution in [0.4, 0.5) is 11.4 Å². The quantitative estimate of drug-likeness (QED) is 0.363. The molecule has 1 heterocycles. The number of likely N-dealkylation sites (tertiary alicyclic amines) is 1. The minimum absolute atomic E-state index is 0.0330. The summed E-state index contributed by atoms with van der Waals surface area (Å²) in [6, 6.07) is 12.3. The number of rotatable bonds is 4. The molecule has 1 aliphatic rings. The molecular weight excluding hydrogens is 380 g/mol.